The predicted octanol–water partition coefficient (Wildman–Crippen LogP) is 3.65. The Morgan fingerprint density at radius 1 is 0.875 bits per heavy atom. The van der Waals surface area contributed by atoms with Crippen LogP contribution in [0.3, 0.4) is 0 Å². The molecule has 0 bridgehead atoms. The molecule has 0 fully saturated rings. The lowest BCUT2D eigenvalue weighted by Crippen LogP contribution is -2.45. The minimum Gasteiger partial charge on any atom is -0.481 e. The van der Waals surface area contributed by atoms with Gasteiger partial charge in [-0.3, -0.25) is 19.3 Å². The van der Waals surface area contributed by atoms with E-state index in [0.29, 0.717) is 22.8 Å². The van der Waals surface area contributed by atoms with Gasteiger partial charge in [-0.15, -0.1) is 0 Å². The highest BCUT2D eigenvalue weighted by atomic mass is 79.9. The van der Waals surface area contributed by atoms with Crippen LogP contribution in [-0.4, -0.2) is 44.9 Å². The van der Waals surface area contributed by atoms with E-state index in [4.69, 9.17) is 5.11 Å². The van der Waals surface area contributed by atoms with Crippen LogP contribution in [0.2, 0.25) is 0 Å². The van der Waals surface area contributed by atoms with Gasteiger partial charge in [0.25, 0.3) is 11.8 Å². The number of benzene rings is 1. The van der Waals surface area contributed by atoms with Crippen LogP contribution in [0.15, 0.2) is 17.9 Å². The third-order valence-corrected chi connectivity index (χ3v) is 8.13. The molecule has 24 heavy (non-hydrogen) atoms. The molecule has 0 saturated carbocycles. The molecule has 0 spiro atoms. The summed E-state index contributed by atoms with van der Waals surface area (Å²) in [6.07, 6.45) is -0.867. The Hall–Kier alpha value is -0.780. The molecule has 0 radical (unpaired) electrons. The second-order valence-corrected chi connectivity index (χ2v) is 7.94. The van der Waals surface area contributed by atoms with Crippen LogP contribution in [-0.2, 0) is 9.59 Å². The minimum atomic E-state index is -1.56. The maximum absolute atomic E-state index is 12.6. The van der Waals surface area contributed by atoms with E-state index in [-0.39, 0.29) is 17.5 Å². The SMILES string of the molecule is O=C(O)CC[C@@H](C(=O)O)N1C(=O)c2c(Br)c(Br)c(Br)c(Br)c2C1=O. The number of carbonyl (C=O) groups excluding carboxylic acids is 2. The van der Waals surface area contributed by atoms with Crippen LogP contribution >= 0.6 is 63.7 Å². The van der Waals surface area contributed by atoms with Gasteiger partial charge in [0.2, 0.25) is 0 Å². The zero-order chi connectivity index (χ0) is 18.3. The first-order valence-corrected chi connectivity index (χ1v) is 9.45. The molecule has 2 amide bonds. The molecule has 1 aromatic carbocycles. The number of carboxylic acid groups (broad SMARTS) is 2. The summed E-state index contributed by atoms with van der Waals surface area (Å²) in [4.78, 5) is 48.0. The van der Waals surface area contributed by atoms with Crippen molar-refractivity contribution in [2.75, 3.05) is 0 Å². The Balaban J connectivity index is 2.57. The molecular formula is C13H7Br4NO6. The molecule has 1 aliphatic heterocycles. The highest BCUT2D eigenvalue weighted by molar-refractivity contribution is 9.15. The molecule has 7 nitrogen and oxygen atoms in total. The molecule has 0 aliphatic carbocycles. The van der Waals surface area contributed by atoms with Crippen LogP contribution < -0.4 is 0 Å². The van der Waals surface area contributed by atoms with Crippen LogP contribution in [0, 0.1) is 0 Å². The van der Waals surface area contributed by atoms with E-state index < -0.39 is 36.2 Å². The number of hydrogen-bond acceptors (Lipinski definition) is 4. The average Bonchev–Trinajstić information content (AvgIpc) is 2.75. The van der Waals surface area contributed by atoms with Crippen molar-refractivity contribution >= 4 is 87.5 Å². The van der Waals surface area contributed by atoms with Crippen LogP contribution in [0.5, 0.6) is 0 Å². The molecule has 0 unspecified atom stereocenters. The lowest BCUT2D eigenvalue weighted by Gasteiger charge is -2.21. The summed E-state index contributed by atoms with van der Waals surface area (Å²) in [5.74, 6) is -4.26. The number of nitrogens with zero attached hydrogens (tertiary/aromatic N) is 1. The molecule has 2 rings (SSSR count). The molecule has 1 aromatic rings. The number of hydrogen-bond donors (Lipinski definition) is 2. The third kappa shape index (κ3) is 3.18. The fourth-order valence-electron chi connectivity index (χ4n) is 2.27. The number of carbonyl (C=O) groups is 4. The van der Waals surface area contributed by atoms with Crippen molar-refractivity contribution in [1.29, 1.82) is 0 Å². The molecular weight excluding hydrogens is 586 g/mol. The third-order valence-electron chi connectivity index (χ3n) is 3.36. The number of rotatable bonds is 5. The summed E-state index contributed by atoms with van der Waals surface area (Å²) in [7, 11) is 0. The smallest absolute Gasteiger partial charge is 0.326 e. The highest BCUT2D eigenvalue weighted by Crippen LogP contribution is 2.45. The standard InChI is InChI=1S/C13H7Br4NO6/c14-7-5-6(8(15)10(17)9(7)16)12(22)18(11(5)21)3(13(23)24)1-2-4(19)20/h3H,1-2H2,(H,19,20)(H,23,24)/t3-/m0/s1. The Morgan fingerprint density at radius 2 is 1.29 bits per heavy atom. The zero-order valence-corrected chi connectivity index (χ0v) is 17.8. The molecule has 11 heteroatoms. The largest absolute Gasteiger partial charge is 0.481 e. The van der Waals surface area contributed by atoms with E-state index >= 15 is 0 Å². The summed E-state index contributed by atoms with van der Waals surface area (Å²) in [5.41, 5.74) is 0.0343. The molecule has 0 aromatic heterocycles. The molecule has 1 atom stereocenters. The van der Waals surface area contributed by atoms with Crippen molar-refractivity contribution in [3.8, 4) is 0 Å². The van der Waals surface area contributed by atoms with Crippen molar-refractivity contribution in [3.05, 3.63) is 29.0 Å². The van der Waals surface area contributed by atoms with Crippen LogP contribution in [0.25, 0.3) is 0 Å². The van der Waals surface area contributed by atoms with E-state index in [1.807, 2.05) is 0 Å². The summed E-state index contributed by atoms with van der Waals surface area (Å²) < 4.78 is 1.56. The lowest BCUT2D eigenvalue weighted by molar-refractivity contribution is -0.142. The summed E-state index contributed by atoms with van der Waals surface area (Å²) >= 11 is 13.0. The molecule has 1 heterocycles. The average molecular weight is 593 g/mol. The Bertz CT molecular complexity index is 746. The van der Waals surface area contributed by atoms with Gasteiger partial charge in [0.05, 0.1) is 11.1 Å². The fourth-order valence-corrected chi connectivity index (χ4v) is 4.73. The Labute approximate surface area is 168 Å². The number of amides is 2. The molecule has 128 valence electrons. The number of halogens is 4. The van der Waals surface area contributed by atoms with Crippen molar-refractivity contribution in [2.24, 2.45) is 0 Å². The van der Waals surface area contributed by atoms with Gasteiger partial charge >= 0.3 is 11.9 Å². The predicted molar refractivity (Wildman–Crippen MR) is 96.0 cm³/mol. The van der Waals surface area contributed by atoms with Gasteiger partial charge in [-0.2, -0.15) is 0 Å². The molecule has 2 N–H and O–H groups in total. The first-order chi connectivity index (χ1) is 11.1. The van der Waals surface area contributed by atoms with Gasteiger partial charge in [-0.25, -0.2) is 4.79 Å². The fraction of sp³-hybridized carbons (Fsp3) is 0.231. The topological polar surface area (TPSA) is 112 Å². The normalized spacial score (nSPS) is 14.8. The van der Waals surface area contributed by atoms with Gasteiger partial charge in [0.15, 0.2) is 0 Å². The highest BCUT2D eigenvalue weighted by Gasteiger charge is 2.46. The van der Waals surface area contributed by atoms with E-state index in [2.05, 4.69) is 63.7 Å². The molecule has 0 saturated heterocycles. The number of imide groups is 1. The molecule has 1 aliphatic rings. The van der Waals surface area contributed by atoms with Crippen molar-refractivity contribution in [3.63, 3.8) is 0 Å². The lowest BCUT2D eigenvalue weighted by atomic mass is 10.1. The van der Waals surface area contributed by atoms with E-state index in [1.54, 1.807) is 0 Å². The van der Waals surface area contributed by atoms with Gasteiger partial charge in [0, 0.05) is 24.3 Å². The second kappa shape index (κ2) is 7.22. The van der Waals surface area contributed by atoms with Gasteiger partial charge in [-0.05, 0) is 70.1 Å². The minimum absolute atomic E-state index is 0.0172. The number of aliphatic carboxylic acids is 2. The van der Waals surface area contributed by atoms with Gasteiger partial charge in [0.1, 0.15) is 6.04 Å². The van der Waals surface area contributed by atoms with E-state index in [1.165, 1.54) is 0 Å². The van der Waals surface area contributed by atoms with Gasteiger partial charge < -0.3 is 10.2 Å². The maximum Gasteiger partial charge on any atom is 0.326 e. The van der Waals surface area contributed by atoms with Crippen LogP contribution in [0.1, 0.15) is 33.6 Å². The van der Waals surface area contributed by atoms with Crippen molar-refractivity contribution in [1.82, 2.24) is 4.90 Å². The summed E-state index contributed by atoms with van der Waals surface area (Å²) in [6, 6.07) is -1.56. The Kier molecular flexibility index (Phi) is 5.88. The van der Waals surface area contributed by atoms with Crippen molar-refractivity contribution in [2.45, 2.75) is 18.9 Å². The van der Waals surface area contributed by atoms with Gasteiger partial charge in [-0.1, -0.05) is 0 Å². The zero-order valence-electron chi connectivity index (χ0n) is 11.5. The Morgan fingerprint density at radius 3 is 1.62 bits per heavy atom. The van der Waals surface area contributed by atoms with Crippen LogP contribution in [0.4, 0.5) is 0 Å². The van der Waals surface area contributed by atoms with Crippen molar-refractivity contribution < 1.29 is 29.4 Å². The monoisotopic (exact) mass is 589 g/mol. The van der Waals surface area contributed by atoms with E-state index in [9.17, 15) is 24.3 Å². The van der Waals surface area contributed by atoms with E-state index in [0.717, 1.165) is 0 Å². The second-order valence-electron chi connectivity index (χ2n) is 4.77. The quantitative estimate of drug-likeness (QED) is 0.307. The summed E-state index contributed by atoms with van der Waals surface area (Å²) in [6.45, 7) is 0. The number of fused-ring (bicyclic) bond motifs is 1. The number of carboxylic acids is 2. The first kappa shape index (κ1) is 19.5. The summed E-state index contributed by atoms with van der Waals surface area (Å²) in [5, 5.41) is 18.1. The first-order valence-electron chi connectivity index (χ1n) is 6.28. The maximum atomic E-state index is 12.6.